The smallest absolute Gasteiger partial charge is 0.235 e. The minimum absolute atomic E-state index is 0.0127. The molecule has 6 atom stereocenters. The van der Waals surface area contributed by atoms with Crippen LogP contribution in [0.4, 0.5) is 5.69 Å². The Morgan fingerprint density at radius 1 is 1.04 bits per heavy atom. The van der Waals surface area contributed by atoms with E-state index in [1.807, 2.05) is 30.3 Å². The number of imide groups is 1. The van der Waals surface area contributed by atoms with Gasteiger partial charge in [0.05, 0.1) is 11.8 Å². The first-order valence-corrected chi connectivity index (χ1v) is 8.94. The van der Waals surface area contributed by atoms with Crippen LogP contribution in [0.2, 0.25) is 0 Å². The van der Waals surface area contributed by atoms with Gasteiger partial charge in [-0.1, -0.05) is 30.4 Å². The molecule has 2 bridgehead atoms. The van der Waals surface area contributed by atoms with Gasteiger partial charge in [-0.15, -0.1) is 0 Å². The van der Waals surface area contributed by atoms with Crippen molar-refractivity contribution in [3.05, 3.63) is 42.5 Å². The van der Waals surface area contributed by atoms with Gasteiger partial charge >= 0.3 is 0 Å². The molecule has 2 saturated carbocycles. The van der Waals surface area contributed by atoms with Crippen molar-refractivity contribution >= 4 is 23.4 Å². The molecule has 5 aliphatic rings. The van der Waals surface area contributed by atoms with E-state index in [2.05, 4.69) is 12.2 Å². The maximum Gasteiger partial charge on any atom is 0.235 e. The van der Waals surface area contributed by atoms with Gasteiger partial charge < -0.3 is 0 Å². The number of hydrogen-bond acceptors (Lipinski definition) is 3. The van der Waals surface area contributed by atoms with Gasteiger partial charge in [-0.2, -0.15) is 0 Å². The van der Waals surface area contributed by atoms with Crippen molar-refractivity contribution in [2.75, 3.05) is 11.6 Å². The molecule has 4 aliphatic carbocycles. The molecule has 3 amide bonds. The molecule has 1 aromatic rings. The number of rotatable bonds is 3. The molecule has 0 unspecified atom stereocenters. The summed E-state index contributed by atoms with van der Waals surface area (Å²) >= 11 is 0. The Balaban J connectivity index is 1.45. The van der Waals surface area contributed by atoms with Crippen molar-refractivity contribution < 1.29 is 14.4 Å². The Labute approximate surface area is 146 Å². The molecule has 0 radical (unpaired) electrons. The lowest BCUT2D eigenvalue weighted by molar-refractivity contribution is -0.140. The summed E-state index contributed by atoms with van der Waals surface area (Å²) < 4.78 is 0. The summed E-state index contributed by atoms with van der Waals surface area (Å²) in [4.78, 5) is 41.0. The lowest BCUT2D eigenvalue weighted by atomic mass is 9.63. The number of amides is 3. The fraction of sp³-hybridized carbons (Fsp3) is 0.450. The van der Waals surface area contributed by atoms with Crippen LogP contribution in [0, 0.1) is 35.5 Å². The monoisotopic (exact) mass is 336 g/mol. The molecule has 1 saturated heterocycles. The van der Waals surface area contributed by atoms with Crippen molar-refractivity contribution in [2.45, 2.75) is 13.3 Å². The third-order valence-corrected chi connectivity index (χ3v) is 6.48. The molecule has 3 fully saturated rings. The van der Waals surface area contributed by atoms with Gasteiger partial charge in [0.1, 0.15) is 6.67 Å². The molecule has 1 heterocycles. The third-order valence-electron chi connectivity index (χ3n) is 6.48. The van der Waals surface area contributed by atoms with Gasteiger partial charge in [-0.05, 0) is 42.2 Å². The normalized spacial score (nSPS) is 37.1. The number of para-hydroxylation sites is 1. The number of anilines is 1. The van der Waals surface area contributed by atoms with Crippen molar-refractivity contribution in [1.82, 2.24) is 4.90 Å². The summed E-state index contributed by atoms with van der Waals surface area (Å²) in [5.41, 5.74) is 0.703. The van der Waals surface area contributed by atoms with Crippen LogP contribution >= 0.6 is 0 Å². The highest BCUT2D eigenvalue weighted by Gasteiger charge is 2.67. The highest BCUT2D eigenvalue weighted by molar-refractivity contribution is 6.07. The van der Waals surface area contributed by atoms with Crippen molar-refractivity contribution in [2.24, 2.45) is 35.5 Å². The van der Waals surface area contributed by atoms with Gasteiger partial charge in [0.2, 0.25) is 17.7 Å². The Kier molecular flexibility index (Phi) is 3.00. The Bertz CT molecular complexity index is 766. The van der Waals surface area contributed by atoms with E-state index in [0.717, 1.165) is 6.42 Å². The Hall–Kier alpha value is -2.43. The molecule has 0 spiro atoms. The fourth-order valence-corrected chi connectivity index (χ4v) is 5.27. The zero-order valence-electron chi connectivity index (χ0n) is 14.0. The van der Waals surface area contributed by atoms with E-state index in [1.165, 1.54) is 16.7 Å². The minimum atomic E-state index is -0.212. The van der Waals surface area contributed by atoms with Gasteiger partial charge in [-0.3, -0.25) is 24.2 Å². The van der Waals surface area contributed by atoms with Gasteiger partial charge in [0.15, 0.2) is 0 Å². The summed E-state index contributed by atoms with van der Waals surface area (Å²) in [7, 11) is 0. The summed E-state index contributed by atoms with van der Waals surface area (Å²) in [6.07, 6.45) is 5.47. The van der Waals surface area contributed by atoms with Crippen LogP contribution in [0.25, 0.3) is 0 Å². The molecule has 25 heavy (non-hydrogen) atoms. The van der Waals surface area contributed by atoms with E-state index in [1.54, 1.807) is 0 Å². The molecule has 5 heteroatoms. The highest BCUT2D eigenvalue weighted by Crippen LogP contribution is 2.65. The molecule has 6 rings (SSSR count). The zero-order valence-corrected chi connectivity index (χ0v) is 14.0. The van der Waals surface area contributed by atoms with E-state index in [-0.39, 0.29) is 48.1 Å². The molecule has 0 aromatic heterocycles. The molecular weight excluding hydrogens is 316 g/mol. The van der Waals surface area contributed by atoms with Gasteiger partial charge in [0.25, 0.3) is 0 Å². The predicted octanol–water partition coefficient (Wildman–Crippen LogP) is 2.05. The number of hydrogen-bond donors (Lipinski definition) is 0. The zero-order chi connectivity index (χ0) is 17.3. The molecule has 5 nitrogen and oxygen atoms in total. The third kappa shape index (κ3) is 1.98. The minimum Gasteiger partial charge on any atom is -0.294 e. The number of likely N-dealkylation sites (tertiary alicyclic amines) is 1. The first-order chi connectivity index (χ1) is 12.1. The van der Waals surface area contributed by atoms with Crippen molar-refractivity contribution in [1.29, 1.82) is 0 Å². The summed E-state index contributed by atoms with van der Waals surface area (Å²) in [6, 6.07) is 9.20. The van der Waals surface area contributed by atoms with E-state index in [9.17, 15) is 14.4 Å². The first kappa shape index (κ1) is 14.9. The van der Waals surface area contributed by atoms with Crippen molar-refractivity contribution in [3.63, 3.8) is 0 Å². The number of benzene rings is 1. The SMILES string of the molecule is CC(=O)N(CN1C(=O)[C@@H]2[C@@H]3C=C[C@H]([C@H]4C[C@@H]34)[C@@H]2C1=O)c1ccccc1. The number of allylic oxidation sites excluding steroid dienone is 2. The second kappa shape index (κ2) is 5.04. The summed E-state index contributed by atoms with van der Waals surface area (Å²) in [6.45, 7) is 1.48. The van der Waals surface area contributed by atoms with E-state index in [4.69, 9.17) is 0 Å². The molecule has 128 valence electrons. The number of carbonyl (C=O) groups is 3. The van der Waals surface area contributed by atoms with E-state index in [0.29, 0.717) is 17.5 Å². The van der Waals surface area contributed by atoms with Crippen molar-refractivity contribution in [3.8, 4) is 0 Å². The maximum atomic E-state index is 13.0. The van der Waals surface area contributed by atoms with Crippen LogP contribution in [0.3, 0.4) is 0 Å². The largest absolute Gasteiger partial charge is 0.294 e. The van der Waals surface area contributed by atoms with Crippen LogP contribution < -0.4 is 4.90 Å². The van der Waals surface area contributed by atoms with Crippen LogP contribution in [-0.2, 0) is 14.4 Å². The number of carbonyl (C=O) groups excluding carboxylic acids is 3. The van der Waals surface area contributed by atoms with Crippen LogP contribution in [0.1, 0.15) is 13.3 Å². The average Bonchev–Trinajstić information content (AvgIpc) is 3.40. The topological polar surface area (TPSA) is 57.7 Å². The van der Waals surface area contributed by atoms with Crippen LogP contribution in [0.15, 0.2) is 42.5 Å². The Morgan fingerprint density at radius 3 is 2.12 bits per heavy atom. The lowest BCUT2D eigenvalue weighted by Gasteiger charge is -2.37. The van der Waals surface area contributed by atoms with Gasteiger partial charge in [0, 0.05) is 12.6 Å². The second-order valence-corrected chi connectivity index (χ2v) is 7.68. The predicted molar refractivity (Wildman–Crippen MR) is 91.0 cm³/mol. The molecule has 1 aliphatic heterocycles. The first-order valence-electron chi connectivity index (χ1n) is 8.94. The van der Waals surface area contributed by atoms with Crippen LogP contribution in [0.5, 0.6) is 0 Å². The number of nitrogens with zero attached hydrogens (tertiary/aromatic N) is 2. The van der Waals surface area contributed by atoms with Gasteiger partial charge in [-0.25, -0.2) is 0 Å². The average molecular weight is 336 g/mol. The molecular formula is C20H20N2O3. The molecule has 0 N–H and O–H groups in total. The standard InChI is InChI=1S/C20H20N2O3/c1-11(23)21(12-5-3-2-4-6-12)10-22-19(24)17-13-7-8-14(16-9-15(13)16)18(17)20(22)25/h2-8,13-18H,9-10H2,1H3/t13-,14-,15-,16+,17+,18-/m1/s1. The Morgan fingerprint density at radius 2 is 1.60 bits per heavy atom. The fourth-order valence-electron chi connectivity index (χ4n) is 5.27. The van der Waals surface area contributed by atoms with Crippen LogP contribution in [-0.4, -0.2) is 29.3 Å². The maximum absolute atomic E-state index is 13.0. The molecule has 1 aromatic carbocycles. The van der Waals surface area contributed by atoms with E-state index >= 15 is 0 Å². The summed E-state index contributed by atoms with van der Waals surface area (Å²) in [5, 5.41) is 0. The highest BCUT2D eigenvalue weighted by atomic mass is 16.2. The quantitative estimate of drug-likeness (QED) is 0.627. The van der Waals surface area contributed by atoms with E-state index < -0.39 is 0 Å². The lowest BCUT2D eigenvalue weighted by Crippen LogP contribution is -2.44. The second-order valence-electron chi connectivity index (χ2n) is 7.68. The summed E-state index contributed by atoms with van der Waals surface area (Å²) in [5.74, 6) is 0.811.